The second-order valence-electron chi connectivity index (χ2n) is 8.54. The van der Waals surface area contributed by atoms with Crippen LogP contribution in [-0.4, -0.2) is 58.5 Å². The van der Waals surface area contributed by atoms with Gasteiger partial charge in [-0.3, -0.25) is 0 Å². The summed E-state index contributed by atoms with van der Waals surface area (Å²) >= 11 is 0. The molecule has 9 nitrogen and oxygen atoms in total. The van der Waals surface area contributed by atoms with Crippen molar-refractivity contribution in [3.63, 3.8) is 0 Å². The number of nitrogens with zero attached hydrogens (tertiary/aromatic N) is 7. The Bertz CT molecular complexity index is 1540. The molecule has 1 saturated heterocycles. The Labute approximate surface area is 215 Å². The molecular weight excluding hydrogens is 499 g/mol. The van der Waals surface area contributed by atoms with Crippen molar-refractivity contribution in [2.24, 2.45) is 0 Å². The number of anilines is 2. The van der Waals surface area contributed by atoms with Crippen molar-refractivity contribution in [1.29, 1.82) is 5.26 Å². The van der Waals surface area contributed by atoms with Crippen LogP contribution < -0.4 is 9.80 Å². The van der Waals surface area contributed by atoms with Crippen LogP contribution in [0.3, 0.4) is 0 Å². The number of hydrogen-bond donors (Lipinski definition) is 0. The molecule has 0 spiro atoms. The van der Waals surface area contributed by atoms with Crippen LogP contribution in [0.2, 0.25) is 0 Å². The molecule has 3 aromatic heterocycles. The number of fused-ring (bicyclic) bond motifs is 1. The molecule has 12 heteroatoms. The first-order valence-corrected chi connectivity index (χ1v) is 11.9. The zero-order chi connectivity index (χ0) is 26.9. The quantitative estimate of drug-likeness (QED) is 0.360. The highest BCUT2D eigenvalue weighted by Gasteiger charge is 2.31. The third-order valence-corrected chi connectivity index (χ3v) is 6.29. The number of nitriles is 1. The molecular formula is C26H22F3N7O2. The Balaban J connectivity index is 1.54. The molecule has 0 radical (unpaired) electrons. The molecule has 4 heterocycles. The number of carbonyl (C=O) groups excluding carboxylic acids is 1. The largest absolute Gasteiger partial charge is 0.462 e. The van der Waals surface area contributed by atoms with E-state index in [0.717, 1.165) is 12.1 Å². The fraction of sp³-hybridized carbons (Fsp3) is 0.269. The molecule has 0 unspecified atom stereocenters. The van der Waals surface area contributed by atoms with Gasteiger partial charge in [-0.1, -0.05) is 6.07 Å². The lowest BCUT2D eigenvalue weighted by atomic mass is 10.1. The maximum absolute atomic E-state index is 13.3. The van der Waals surface area contributed by atoms with Crippen molar-refractivity contribution in [2.45, 2.75) is 13.1 Å². The van der Waals surface area contributed by atoms with Crippen molar-refractivity contribution in [3.8, 4) is 11.8 Å². The van der Waals surface area contributed by atoms with E-state index in [9.17, 15) is 23.2 Å². The smallest absolute Gasteiger partial charge is 0.416 e. The number of aromatic nitrogens is 4. The summed E-state index contributed by atoms with van der Waals surface area (Å²) in [6.07, 6.45) is 0.00322. The number of alkyl halides is 3. The number of carbonyl (C=O) groups is 1. The average Bonchev–Trinajstić information content (AvgIpc) is 3.36. The predicted octanol–water partition coefficient (Wildman–Crippen LogP) is 4.21. The first-order chi connectivity index (χ1) is 18.3. The number of piperazine rings is 1. The van der Waals surface area contributed by atoms with Gasteiger partial charge in [0.05, 0.1) is 40.7 Å². The molecule has 0 aliphatic carbocycles. The van der Waals surface area contributed by atoms with Gasteiger partial charge >= 0.3 is 12.1 Å². The van der Waals surface area contributed by atoms with Gasteiger partial charge in [0.2, 0.25) is 0 Å². The van der Waals surface area contributed by atoms with E-state index in [2.05, 4.69) is 21.1 Å². The first kappa shape index (κ1) is 25.0. The minimum Gasteiger partial charge on any atom is -0.462 e. The molecule has 4 aromatic rings. The van der Waals surface area contributed by atoms with Crippen molar-refractivity contribution in [2.75, 3.05) is 42.6 Å². The molecule has 194 valence electrons. The Morgan fingerprint density at radius 2 is 1.84 bits per heavy atom. The third-order valence-electron chi connectivity index (χ3n) is 6.29. The van der Waals surface area contributed by atoms with E-state index >= 15 is 0 Å². The Kier molecular flexibility index (Phi) is 6.59. The molecule has 1 aliphatic heterocycles. The van der Waals surface area contributed by atoms with Crippen molar-refractivity contribution in [1.82, 2.24) is 19.7 Å². The molecule has 38 heavy (non-hydrogen) atoms. The maximum Gasteiger partial charge on any atom is 0.416 e. The van der Waals surface area contributed by atoms with Crippen molar-refractivity contribution in [3.05, 3.63) is 71.7 Å². The normalized spacial score (nSPS) is 14.0. The average molecular weight is 522 g/mol. The molecule has 5 rings (SSSR count). The Morgan fingerprint density at radius 1 is 1.08 bits per heavy atom. The molecule has 1 fully saturated rings. The third kappa shape index (κ3) is 4.58. The van der Waals surface area contributed by atoms with E-state index in [0.29, 0.717) is 54.3 Å². The van der Waals surface area contributed by atoms with Crippen molar-refractivity contribution < 1.29 is 22.7 Å². The molecule has 0 saturated carbocycles. The zero-order valence-electron chi connectivity index (χ0n) is 20.3. The number of esters is 1. The molecule has 0 N–H and O–H groups in total. The summed E-state index contributed by atoms with van der Waals surface area (Å²) in [5.41, 5.74) is 0.971. The van der Waals surface area contributed by atoms with Crippen LogP contribution in [0.5, 0.6) is 0 Å². The summed E-state index contributed by atoms with van der Waals surface area (Å²) in [6, 6.07) is 10.4. The summed E-state index contributed by atoms with van der Waals surface area (Å²) in [4.78, 5) is 25.6. The van der Waals surface area contributed by atoms with E-state index in [4.69, 9.17) is 4.74 Å². The van der Waals surface area contributed by atoms with E-state index < -0.39 is 17.7 Å². The second-order valence-corrected chi connectivity index (χ2v) is 8.54. The van der Waals surface area contributed by atoms with E-state index in [-0.39, 0.29) is 17.9 Å². The van der Waals surface area contributed by atoms with Gasteiger partial charge in [-0.2, -0.15) is 23.5 Å². The summed E-state index contributed by atoms with van der Waals surface area (Å²) in [5.74, 6) is 0.0418. The van der Waals surface area contributed by atoms with Crippen LogP contribution in [0.1, 0.15) is 28.4 Å². The van der Waals surface area contributed by atoms with E-state index in [1.165, 1.54) is 29.2 Å². The number of ether oxygens (including phenoxy) is 1. The van der Waals surface area contributed by atoms with Crippen LogP contribution in [0, 0.1) is 11.3 Å². The molecule has 0 bridgehead atoms. The number of hydrogen-bond acceptors (Lipinski definition) is 8. The second kappa shape index (κ2) is 10.0. The van der Waals surface area contributed by atoms with Crippen LogP contribution in [0.15, 0.2) is 55.0 Å². The van der Waals surface area contributed by atoms with Gasteiger partial charge in [-0.25, -0.2) is 19.4 Å². The van der Waals surface area contributed by atoms with Gasteiger partial charge in [0.1, 0.15) is 17.5 Å². The van der Waals surface area contributed by atoms with Gasteiger partial charge in [0, 0.05) is 38.6 Å². The van der Waals surface area contributed by atoms with Crippen LogP contribution in [0.25, 0.3) is 16.7 Å². The van der Waals surface area contributed by atoms with E-state index in [1.807, 2.05) is 9.80 Å². The maximum atomic E-state index is 13.3. The number of pyridine rings is 2. The highest BCUT2D eigenvalue weighted by molar-refractivity contribution is 6.04. The Hall–Kier alpha value is -4.66. The molecule has 0 atom stereocenters. The SMILES string of the molecule is CCOC(=O)c1cnc2c(cnn2-c2cccc(C(F)(F)F)c2)c1N1CCN(c2ncccc2C#N)CC1. The van der Waals surface area contributed by atoms with E-state index in [1.54, 1.807) is 25.3 Å². The monoisotopic (exact) mass is 521 g/mol. The van der Waals surface area contributed by atoms with Gasteiger partial charge in [0.25, 0.3) is 0 Å². The topological polar surface area (TPSA) is 100 Å². The van der Waals surface area contributed by atoms with Gasteiger partial charge in [0.15, 0.2) is 5.65 Å². The fourth-order valence-corrected chi connectivity index (χ4v) is 4.55. The number of rotatable bonds is 5. The van der Waals surface area contributed by atoms with Crippen LogP contribution in [-0.2, 0) is 10.9 Å². The lowest BCUT2D eigenvalue weighted by Gasteiger charge is -2.37. The summed E-state index contributed by atoms with van der Waals surface area (Å²) in [7, 11) is 0. The predicted molar refractivity (Wildman–Crippen MR) is 133 cm³/mol. The molecule has 1 aromatic carbocycles. The standard InChI is InChI=1S/C26H22F3N7O2/c1-2-38-25(37)21-15-32-24-20(16-33-36(24)19-7-3-6-18(13-19)26(27,28)29)22(21)34-9-11-35(12-10-34)23-17(14-30)5-4-8-31-23/h3-8,13,15-16H,2,9-12H2,1H3. The highest BCUT2D eigenvalue weighted by atomic mass is 19.4. The lowest BCUT2D eigenvalue weighted by molar-refractivity contribution is -0.137. The fourth-order valence-electron chi connectivity index (χ4n) is 4.55. The molecule has 0 amide bonds. The highest BCUT2D eigenvalue weighted by Crippen LogP contribution is 2.34. The zero-order valence-corrected chi connectivity index (χ0v) is 20.3. The van der Waals surface area contributed by atoms with Crippen LogP contribution >= 0.6 is 0 Å². The van der Waals surface area contributed by atoms with Crippen LogP contribution in [0.4, 0.5) is 24.7 Å². The summed E-state index contributed by atoms with van der Waals surface area (Å²) in [6.45, 7) is 3.90. The first-order valence-electron chi connectivity index (χ1n) is 11.9. The minimum absolute atomic E-state index is 0.171. The summed E-state index contributed by atoms with van der Waals surface area (Å²) in [5, 5.41) is 14.3. The number of benzene rings is 1. The minimum atomic E-state index is -4.51. The summed E-state index contributed by atoms with van der Waals surface area (Å²) < 4.78 is 46.5. The number of halogens is 3. The van der Waals surface area contributed by atoms with Gasteiger partial charge < -0.3 is 14.5 Å². The molecule has 1 aliphatic rings. The van der Waals surface area contributed by atoms with Gasteiger partial charge in [-0.05, 0) is 37.3 Å². The van der Waals surface area contributed by atoms with Gasteiger partial charge in [-0.15, -0.1) is 0 Å². The van der Waals surface area contributed by atoms with Crippen molar-refractivity contribution >= 4 is 28.5 Å². The Morgan fingerprint density at radius 3 is 2.55 bits per heavy atom. The lowest BCUT2D eigenvalue weighted by Crippen LogP contribution is -2.47.